The van der Waals surface area contributed by atoms with E-state index in [0.29, 0.717) is 23.9 Å². The van der Waals surface area contributed by atoms with E-state index in [9.17, 15) is 9.81 Å². The van der Waals surface area contributed by atoms with Gasteiger partial charge in [0.1, 0.15) is 0 Å². The minimum absolute atomic E-state index is 0.0179. The van der Waals surface area contributed by atoms with Gasteiger partial charge in [0.15, 0.2) is 0 Å². The van der Waals surface area contributed by atoms with E-state index in [0.717, 1.165) is 0 Å². The molecule has 0 saturated carbocycles. The zero-order valence-corrected chi connectivity index (χ0v) is 7.62. The van der Waals surface area contributed by atoms with E-state index in [-0.39, 0.29) is 11.5 Å². The third kappa shape index (κ3) is 5.47. The third-order valence-electron chi connectivity index (χ3n) is 1.04. The fourth-order valence-electron chi connectivity index (χ4n) is 0.436. The van der Waals surface area contributed by atoms with E-state index in [2.05, 4.69) is 9.16 Å². The molecule has 0 aromatic heterocycles. The molecule has 0 aliphatic heterocycles. The van der Waals surface area contributed by atoms with Crippen LogP contribution in [-0.4, -0.2) is 33.9 Å². The van der Waals surface area contributed by atoms with Gasteiger partial charge >= 0.3 is 0 Å². The molecule has 0 radical (unpaired) electrons. The first-order valence-electron chi connectivity index (χ1n) is 2.97. The number of aliphatic hydroxyl groups excluding tert-OH is 2. The summed E-state index contributed by atoms with van der Waals surface area (Å²) in [5.41, 5.74) is 0. The van der Waals surface area contributed by atoms with E-state index in [1.165, 1.54) is 0 Å². The highest BCUT2D eigenvalue weighted by molar-refractivity contribution is 7.98. The first kappa shape index (κ1) is 11.8. The molecule has 0 spiro atoms. The van der Waals surface area contributed by atoms with E-state index < -0.39 is 12.2 Å². The summed E-state index contributed by atoms with van der Waals surface area (Å²) in [5, 5.41) is 18.1. The standard InChI is InChI=1S/C4H8N2O4S2/c7-3(1-11-5-9)4(8)2-12-6-10/h3-4,7-8H,1-2H2/t3-,4-/m0/s1/i5+1,6+1. The third-order valence-corrected chi connectivity index (χ3v) is 2.23. The molecule has 0 rings (SSSR count). The molecule has 0 unspecified atom stereocenters. The molecule has 6 nitrogen and oxygen atoms in total. The number of nitroso groups, excluding NO2 is 2. The van der Waals surface area contributed by atoms with Crippen LogP contribution < -0.4 is 0 Å². The Bertz CT molecular complexity index is 131. The average Bonchev–Trinajstić information content (AvgIpc) is 2.10. The van der Waals surface area contributed by atoms with Gasteiger partial charge in [0.05, 0.1) is 12.2 Å². The van der Waals surface area contributed by atoms with Crippen molar-refractivity contribution in [3.8, 4) is 0 Å². The highest BCUT2D eigenvalue weighted by Gasteiger charge is 2.16. The lowest BCUT2D eigenvalue weighted by Gasteiger charge is -2.13. The van der Waals surface area contributed by atoms with Crippen LogP contribution in [0.5, 0.6) is 0 Å². The largest absolute Gasteiger partial charge is 0.389 e. The lowest BCUT2D eigenvalue weighted by molar-refractivity contribution is 0.0500. The molecule has 12 heavy (non-hydrogen) atoms. The fraction of sp³-hybridized carbons (Fsp3) is 1.00. The normalized spacial score (nSPS) is 15.2. The van der Waals surface area contributed by atoms with Crippen molar-refractivity contribution < 1.29 is 10.2 Å². The smallest absolute Gasteiger partial charge is 0.0917 e. The van der Waals surface area contributed by atoms with Crippen molar-refractivity contribution in [2.24, 2.45) is 9.16 Å². The first-order chi connectivity index (χ1) is 5.72. The maximum atomic E-state index is 9.59. The topological polar surface area (TPSA) is 99.3 Å². The zero-order valence-electron chi connectivity index (χ0n) is 5.99. The molecule has 0 aromatic rings. The van der Waals surface area contributed by atoms with E-state index >= 15 is 0 Å². The molecule has 0 heterocycles. The summed E-state index contributed by atoms with van der Waals surface area (Å²) in [6.07, 6.45) is -2.11. The Labute approximate surface area is 77.3 Å². The average molecular weight is 214 g/mol. The summed E-state index contributed by atoms with van der Waals surface area (Å²) < 4.78 is 4.88. The second-order valence-electron chi connectivity index (χ2n) is 1.88. The van der Waals surface area contributed by atoms with Crippen LogP contribution in [-0.2, 0) is 0 Å². The number of rotatable bonds is 7. The van der Waals surface area contributed by atoms with Crippen molar-refractivity contribution >= 4 is 23.9 Å². The van der Waals surface area contributed by atoms with Crippen LogP contribution in [0.1, 0.15) is 0 Å². The van der Waals surface area contributed by atoms with Crippen molar-refractivity contribution in [1.82, 2.24) is 0 Å². The van der Waals surface area contributed by atoms with Crippen molar-refractivity contribution in [2.45, 2.75) is 12.2 Å². The predicted octanol–water partition coefficient (Wildman–Crippen LogP) is 0.537. The van der Waals surface area contributed by atoms with Gasteiger partial charge in [0, 0.05) is 44.6 Å². The molecule has 0 bridgehead atoms. The molecule has 0 amide bonds. The van der Waals surface area contributed by atoms with Crippen molar-refractivity contribution in [3.05, 3.63) is 9.81 Å². The minimum atomic E-state index is -1.05. The van der Waals surface area contributed by atoms with Gasteiger partial charge in [-0.2, -0.15) is 0 Å². The van der Waals surface area contributed by atoms with Gasteiger partial charge in [-0.25, -0.2) is 0 Å². The maximum absolute atomic E-state index is 9.59. The van der Waals surface area contributed by atoms with Gasteiger partial charge < -0.3 is 10.2 Å². The van der Waals surface area contributed by atoms with Crippen LogP contribution in [0.4, 0.5) is 0 Å². The maximum Gasteiger partial charge on any atom is 0.0917 e. The Kier molecular flexibility index (Phi) is 7.36. The summed E-state index contributed by atoms with van der Waals surface area (Å²) in [7, 11) is 0. The van der Waals surface area contributed by atoms with Crippen LogP contribution in [0.15, 0.2) is 9.16 Å². The van der Waals surface area contributed by atoms with Gasteiger partial charge in [0.25, 0.3) is 0 Å². The van der Waals surface area contributed by atoms with Gasteiger partial charge in [-0.05, 0) is 0 Å². The van der Waals surface area contributed by atoms with Gasteiger partial charge in [-0.3, -0.25) is 0 Å². The van der Waals surface area contributed by atoms with Gasteiger partial charge in [-0.1, -0.05) is 0 Å². The molecular formula is C4H8N2O4S2. The summed E-state index contributed by atoms with van der Waals surface area (Å²) in [4.78, 5) is 19.2. The summed E-state index contributed by atoms with van der Waals surface area (Å²) in [6.45, 7) is 0. The fourth-order valence-corrected chi connectivity index (χ4v) is 1.31. The quantitative estimate of drug-likeness (QED) is 0.364. The SMILES string of the molecule is O=[15N]SC[C@H](O)[C@@H](O)CS[15N]=O. The van der Waals surface area contributed by atoms with Crippen molar-refractivity contribution in [3.63, 3.8) is 0 Å². The lowest BCUT2D eigenvalue weighted by atomic mass is 10.3. The summed E-state index contributed by atoms with van der Waals surface area (Å²) in [5.74, 6) is 0.0359. The number of aliphatic hydroxyl groups is 2. The molecule has 70 valence electrons. The molecule has 8 heteroatoms. The van der Waals surface area contributed by atoms with Crippen molar-refractivity contribution in [1.29, 1.82) is 0 Å². The monoisotopic (exact) mass is 214 g/mol. The molecular weight excluding hydrogens is 206 g/mol. The summed E-state index contributed by atoms with van der Waals surface area (Å²) >= 11 is 1.24. The predicted molar refractivity (Wildman–Crippen MR) is 48.5 cm³/mol. The molecule has 0 aliphatic carbocycles. The van der Waals surface area contributed by atoms with Crippen molar-refractivity contribution in [2.75, 3.05) is 11.5 Å². The lowest BCUT2D eigenvalue weighted by Crippen LogP contribution is -2.29. The second kappa shape index (κ2) is 7.47. The Balaban J connectivity index is 3.52. The second-order valence-corrected chi connectivity index (χ2v) is 3.36. The van der Waals surface area contributed by atoms with E-state index in [4.69, 9.17) is 10.2 Å². The Hall–Kier alpha value is -0.180. The van der Waals surface area contributed by atoms with Crippen LogP contribution in [0.3, 0.4) is 0 Å². The molecule has 0 fully saturated rings. The number of nitrogens with zero attached hydrogens (tertiary/aromatic N) is 2. The highest BCUT2D eigenvalue weighted by Crippen LogP contribution is 2.11. The van der Waals surface area contributed by atoms with Crippen LogP contribution >= 0.6 is 23.9 Å². The Morgan fingerprint density at radius 3 is 1.58 bits per heavy atom. The van der Waals surface area contributed by atoms with Gasteiger partial charge in [-0.15, -0.1) is 9.81 Å². The number of hydrogen-bond acceptors (Lipinski definition) is 8. The zero-order chi connectivity index (χ0) is 9.40. The molecule has 2 N–H and O–H groups in total. The van der Waals surface area contributed by atoms with Gasteiger partial charge in [0.2, 0.25) is 0 Å². The van der Waals surface area contributed by atoms with E-state index in [1.54, 1.807) is 0 Å². The highest BCUT2D eigenvalue weighted by atomic mass is 32.2. The Morgan fingerprint density at radius 1 is 1.00 bits per heavy atom. The van der Waals surface area contributed by atoms with E-state index in [1.807, 2.05) is 0 Å². The molecule has 0 saturated heterocycles. The summed E-state index contributed by atoms with van der Waals surface area (Å²) in [6, 6.07) is 0. The molecule has 0 aromatic carbocycles. The first-order valence-corrected chi connectivity index (χ1v) is 4.86. The van der Waals surface area contributed by atoms with Crippen LogP contribution in [0.2, 0.25) is 0 Å². The molecule has 0 aliphatic rings. The van der Waals surface area contributed by atoms with Crippen LogP contribution in [0, 0.1) is 9.81 Å². The van der Waals surface area contributed by atoms with Crippen LogP contribution in [0.25, 0.3) is 0 Å². The molecule has 2 atom stereocenters. The Morgan fingerprint density at radius 2 is 1.33 bits per heavy atom. The number of hydrogen-bond donors (Lipinski definition) is 2. The minimum Gasteiger partial charge on any atom is -0.389 e.